The monoisotopic (exact) mass is 568 g/mol. The molecule has 1 aliphatic rings. The number of nitrogens with zero attached hydrogens (tertiary/aromatic N) is 2. The molecule has 4 rings (SSSR count). The SMILES string of the molecule is Cc1cc(C(=O)NCCN2CCCC2)ccc1NC(=O)Cc1ccc(Cl)c(Oc2cc(Cl)cc(C#N)c2)c1F. The summed E-state index contributed by atoms with van der Waals surface area (Å²) in [5.74, 6) is -1.56. The van der Waals surface area contributed by atoms with Crippen molar-refractivity contribution in [3.8, 4) is 17.6 Å². The van der Waals surface area contributed by atoms with Crippen molar-refractivity contribution in [1.82, 2.24) is 10.2 Å². The van der Waals surface area contributed by atoms with E-state index in [-0.39, 0.29) is 45.0 Å². The van der Waals surface area contributed by atoms with E-state index in [1.165, 1.54) is 43.2 Å². The highest BCUT2D eigenvalue weighted by molar-refractivity contribution is 6.32. The summed E-state index contributed by atoms with van der Waals surface area (Å²) in [6, 6.07) is 14.1. The fourth-order valence-electron chi connectivity index (χ4n) is 4.36. The summed E-state index contributed by atoms with van der Waals surface area (Å²) in [6.45, 7) is 5.33. The summed E-state index contributed by atoms with van der Waals surface area (Å²) >= 11 is 12.2. The molecular weight excluding hydrogens is 542 g/mol. The number of amides is 2. The number of rotatable bonds is 9. The molecule has 0 unspecified atom stereocenters. The molecule has 1 fully saturated rings. The van der Waals surface area contributed by atoms with Crippen molar-refractivity contribution in [3.63, 3.8) is 0 Å². The highest BCUT2D eigenvalue weighted by atomic mass is 35.5. The summed E-state index contributed by atoms with van der Waals surface area (Å²) in [5.41, 5.74) is 2.03. The van der Waals surface area contributed by atoms with E-state index in [2.05, 4.69) is 15.5 Å². The molecule has 0 radical (unpaired) electrons. The fourth-order valence-corrected chi connectivity index (χ4v) is 4.77. The summed E-state index contributed by atoms with van der Waals surface area (Å²) in [5, 5.41) is 15.1. The number of hydrogen-bond acceptors (Lipinski definition) is 5. The van der Waals surface area contributed by atoms with Crippen LogP contribution in [-0.4, -0.2) is 42.9 Å². The second-order valence-electron chi connectivity index (χ2n) is 9.30. The Labute approximate surface area is 236 Å². The van der Waals surface area contributed by atoms with Gasteiger partial charge in [0, 0.05) is 34.9 Å². The van der Waals surface area contributed by atoms with Crippen LogP contribution in [0, 0.1) is 24.1 Å². The third kappa shape index (κ3) is 7.48. The van der Waals surface area contributed by atoms with Gasteiger partial charge in [0.15, 0.2) is 11.6 Å². The second kappa shape index (κ2) is 12.9. The number of hydrogen-bond donors (Lipinski definition) is 2. The number of ether oxygens (including phenoxy) is 1. The van der Waals surface area contributed by atoms with E-state index >= 15 is 4.39 Å². The Balaban J connectivity index is 1.39. The zero-order valence-corrected chi connectivity index (χ0v) is 22.8. The molecule has 202 valence electrons. The molecule has 0 atom stereocenters. The maximum Gasteiger partial charge on any atom is 0.251 e. The second-order valence-corrected chi connectivity index (χ2v) is 10.1. The predicted molar refractivity (Wildman–Crippen MR) is 149 cm³/mol. The maximum atomic E-state index is 15.3. The van der Waals surface area contributed by atoms with Crippen LogP contribution in [0.15, 0.2) is 48.5 Å². The number of anilines is 1. The molecule has 0 saturated carbocycles. The minimum Gasteiger partial charge on any atom is -0.453 e. The molecule has 10 heteroatoms. The van der Waals surface area contributed by atoms with Gasteiger partial charge in [0.05, 0.1) is 23.1 Å². The molecule has 1 heterocycles. The Bertz CT molecular complexity index is 1430. The number of benzene rings is 3. The fraction of sp³-hybridized carbons (Fsp3) is 0.276. The Hall–Kier alpha value is -3.64. The molecule has 2 amide bonds. The van der Waals surface area contributed by atoms with E-state index in [1.807, 2.05) is 6.07 Å². The first-order valence-corrected chi connectivity index (χ1v) is 13.3. The van der Waals surface area contributed by atoms with Crippen molar-refractivity contribution >= 4 is 40.7 Å². The molecule has 0 bridgehead atoms. The van der Waals surface area contributed by atoms with Gasteiger partial charge >= 0.3 is 0 Å². The Morgan fingerprint density at radius 3 is 2.59 bits per heavy atom. The molecule has 2 N–H and O–H groups in total. The van der Waals surface area contributed by atoms with Crippen LogP contribution in [0.4, 0.5) is 10.1 Å². The van der Waals surface area contributed by atoms with E-state index in [1.54, 1.807) is 25.1 Å². The molecule has 7 nitrogen and oxygen atoms in total. The Morgan fingerprint density at radius 1 is 1.10 bits per heavy atom. The number of carbonyl (C=O) groups is 2. The van der Waals surface area contributed by atoms with Gasteiger partial charge in [-0.15, -0.1) is 0 Å². The number of likely N-dealkylation sites (tertiary alicyclic amines) is 1. The van der Waals surface area contributed by atoms with Crippen LogP contribution < -0.4 is 15.4 Å². The van der Waals surface area contributed by atoms with Crippen LogP contribution in [-0.2, 0) is 11.2 Å². The highest BCUT2D eigenvalue weighted by Gasteiger charge is 2.19. The van der Waals surface area contributed by atoms with Gasteiger partial charge in [0.1, 0.15) is 5.75 Å². The zero-order valence-electron chi connectivity index (χ0n) is 21.3. The topological polar surface area (TPSA) is 94.5 Å². The minimum atomic E-state index is -0.797. The zero-order chi connectivity index (χ0) is 27.9. The quantitative estimate of drug-likeness (QED) is 0.324. The summed E-state index contributed by atoms with van der Waals surface area (Å²) in [6.07, 6.45) is 2.12. The lowest BCUT2D eigenvalue weighted by atomic mass is 10.1. The van der Waals surface area contributed by atoms with Gasteiger partial charge in [-0.3, -0.25) is 9.59 Å². The average Bonchev–Trinajstić information content (AvgIpc) is 3.42. The van der Waals surface area contributed by atoms with E-state index in [0.29, 0.717) is 23.4 Å². The number of nitriles is 1. The van der Waals surface area contributed by atoms with Crippen molar-refractivity contribution in [3.05, 3.63) is 86.6 Å². The minimum absolute atomic E-state index is 0.000260. The molecule has 3 aromatic rings. The van der Waals surface area contributed by atoms with Crippen molar-refractivity contribution in [2.45, 2.75) is 26.2 Å². The molecule has 39 heavy (non-hydrogen) atoms. The normalized spacial score (nSPS) is 13.1. The summed E-state index contributed by atoms with van der Waals surface area (Å²) in [7, 11) is 0. The van der Waals surface area contributed by atoms with E-state index in [9.17, 15) is 9.59 Å². The van der Waals surface area contributed by atoms with Gasteiger partial charge in [-0.25, -0.2) is 4.39 Å². The first-order chi connectivity index (χ1) is 18.7. The molecule has 1 saturated heterocycles. The largest absolute Gasteiger partial charge is 0.453 e. The van der Waals surface area contributed by atoms with Gasteiger partial charge < -0.3 is 20.3 Å². The molecule has 3 aromatic carbocycles. The van der Waals surface area contributed by atoms with Crippen LogP contribution in [0.3, 0.4) is 0 Å². The van der Waals surface area contributed by atoms with Crippen molar-refractivity contribution in [1.29, 1.82) is 5.26 Å². The van der Waals surface area contributed by atoms with Crippen LogP contribution >= 0.6 is 23.2 Å². The van der Waals surface area contributed by atoms with E-state index < -0.39 is 11.7 Å². The molecule has 0 spiro atoms. The lowest BCUT2D eigenvalue weighted by Gasteiger charge is -2.15. The molecule has 1 aliphatic heterocycles. The average molecular weight is 569 g/mol. The standard InChI is InChI=1S/C29H27Cl2FN4O3/c1-18-12-21(29(38)34-8-11-36-9-2-3-10-36)5-7-25(18)35-26(37)15-20-4-6-24(31)28(27(20)32)39-23-14-19(17-33)13-22(30)16-23/h4-7,12-14,16H,2-3,8-11,15H2,1H3,(H,34,38)(H,35,37). The van der Waals surface area contributed by atoms with Crippen molar-refractivity contribution in [2.24, 2.45) is 0 Å². The van der Waals surface area contributed by atoms with Gasteiger partial charge in [0.25, 0.3) is 5.91 Å². The summed E-state index contributed by atoms with van der Waals surface area (Å²) < 4.78 is 20.9. The van der Waals surface area contributed by atoms with Crippen LogP contribution in [0.1, 0.15) is 39.9 Å². The third-order valence-electron chi connectivity index (χ3n) is 6.38. The number of aryl methyl sites for hydroxylation is 1. The van der Waals surface area contributed by atoms with Crippen molar-refractivity contribution in [2.75, 3.05) is 31.5 Å². The van der Waals surface area contributed by atoms with Gasteiger partial charge in [-0.1, -0.05) is 29.3 Å². The van der Waals surface area contributed by atoms with E-state index in [4.69, 9.17) is 33.2 Å². The van der Waals surface area contributed by atoms with Crippen LogP contribution in [0.5, 0.6) is 11.5 Å². The third-order valence-corrected chi connectivity index (χ3v) is 6.89. The smallest absolute Gasteiger partial charge is 0.251 e. The van der Waals surface area contributed by atoms with Crippen LogP contribution in [0.2, 0.25) is 10.0 Å². The Kier molecular flexibility index (Phi) is 9.41. The summed E-state index contributed by atoms with van der Waals surface area (Å²) in [4.78, 5) is 27.6. The molecular formula is C29H27Cl2FN4O3. The number of nitrogens with one attached hydrogen (secondary N) is 2. The van der Waals surface area contributed by atoms with Gasteiger partial charge in [-0.2, -0.15) is 5.26 Å². The van der Waals surface area contributed by atoms with Gasteiger partial charge in [-0.05, 0) is 80.9 Å². The first-order valence-electron chi connectivity index (χ1n) is 12.5. The predicted octanol–water partition coefficient (Wildman–Crippen LogP) is 6.11. The number of carbonyl (C=O) groups excluding carboxylic acids is 2. The number of halogens is 3. The lowest BCUT2D eigenvalue weighted by Crippen LogP contribution is -2.33. The highest BCUT2D eigenvalue weighted by Crippen LogP contribution is 2.35. The maximum absolute atomic E-state index is 15.3. The first kappa shape index (κ1) is 28.4. The van der Waals surface area contributed by atoms with E-state index in [0.717, 1.165) is 19.6 Å². The lowest BCUT2D eigenvalue weighted by molar-refractivity contribution is -0.115. The van der Waals surface area contributed by atoms with Gasteiger partial charge in [0.2, 0.25) is 5.91 Å². The van der Waals surface area contributed by atoms with Crippen molar-refractivity contribution < 1.29 is 18.7 Å². The molecule has 0 aromatic heterocycles. The van der Waals surface area contributed by atoms with Crippen LogP contribution in [0.25, 0.3) is 0 Å². The molecule has 0 aliphatic carbocycles. The Morgan fingerprint density at radius 2 is 1.87 bits per heavy atom.